The van der Waals surface area contributed by atoms with Crippen LogP contribution in [0, 0.1) is 0 Å². The number of amides is 1. The molecule has 0 aliphatic carbocycles. The number of carbonyl (C=O) groups is 1. The number of hydrogen-bond donors (Lipinski definition) is 1. The lowest BCUT2D eigenvalue weighted by Gasteiger charge is -2.09. The Morgan fingerprint density at radius 2 is 1.94 bits per heavy atom. The quantitative estimate of drug-likeness (QED) is 0.412. The Kier molecular flexibility index (Phi) is 6.63. The van der Waals surface area contributed by atoms with Crippen LogP contribution in [0.4, 0.5) is 0 Å². The van der Waals surface area contributed by atoms with Gasteiger partial charge in [-0.2, -0.15) is 5.10 Å². The summed E-state index contributed by atoms with van der Waals surface area (Å²) in [7, 11) is 1.61. The van der Waals surface area contributed by atoms with Crippen molar-refractivity contribution in [3.8, 4) is 17.0 Å². The molecule has 4 rings (SSSR count). The van der Waals surface area contributed by atoms with Crippen LogP contribution in [0.5, 0.6) is 5.75 Å². The van der Waals surface area contributed by atoms with Crippen LogP contribution in [0.25, 0.3) is 21.5 Å². The average Bonchev–Trinajstić information content (AvgIpc) is 3.22. The first-order chi connectivity index (χ1) is 15.1. The monoisotopic (exact) mass is 452 g/mol. The van der Waals surface area contributed by atoms with Gasteiger partial charge < -0.3 is 10.1 Å². The van der Waals surface area contributed by atoms with Gasteiger partial charge in [-0.1, -0.05) is 23.9 Å². The molecule has 0 fully saturated rings. The standard InChI is InChI=1S/C22H20N4O3S2/c1-29-16-8-6-15(7-9-16)17-10-11-21(28)26(25-17)13-12-23-20(27)14-30-22-24-18-4-2-3-5-19(18)31-22/h2-11H,12-14H2,1H3,(H,23,27). The highest BCUT2D eigenvalue weighted by Gasteiger charge is 2.08. The minimum absolute atomic E-state index is 0.108. The second-order valence-corrected chi connectivity index (χ2v) is 8.85. The number of fused-ring (bicyclic) bond motifs is 1. The van der Waals surface area contributed by atoms with E-state index in [1.807, 2.05) is 48.5 Å². The normalized spacial score (nSPS) is 10.9. The Bertz CT molecular complexity index is 1220. The molecule has 1 amide bonds. The molecule has 31 heavy (non-hydrogen) atoms. The minimum Gasteiger partial charge on any atom is -0.497 e. The number of aromatic nitrogens is 3. The third kappa shape index (κ3) is 5.31. The Hall–Kier alpha value is -3.17. The number of para-hydroxylation sites is 1. The second kappa shape index (κ2) is 9.76. The largest absolute Gasteiger partial charge is 0.497 e. The number of benzene rings is 2. The van der Waals surface area contributed by atoms with Crippen LogP contribution in [0.1, 0.15) is 0 Å². The van der Waals surface area contributed by atoms with E-state index in [1.165, 1.54) is 22.5 Å². The Balaban J connectivity index is 1.31. The number of ether oxygens (including phenoxy) is 1. The molecule has 2 aromatic carbocycles. The molecule has 9 heteroatoms. The Morgan fingerprint density at radius 3 is 2.71 bits per heavy atom. The maximum atomic E-state index is 12.2. The van der Waals surface area contributed by atoms with Gasteiger partial charge in [0.15, 0.2) is 4.34 Å². The van der Waals surface area contributed by atoms with Gasteiger partial charge in [0, 0.05) is 18.2 Å². The zero-order valence-electron chi connectivity index (χ0n) is 16.8. The average molecular weight is 453 g/mol. The van der Waals surface area contributed by atoms with Crippen LogP contribution in [-0.2, 0) is 11.3 Å². The molecule has 158 valence electrons. The van der Waals surface area contributed by atoms with Gasteiger partial charge in [0.1, 0.15) is 5.75 Å². The van der Waals surface area contributed by atoms with Gasteiger partial charge in [-0.15, -0.1) is 11.3 Å². The molecule has 0 unspecified atom stereocenters. The van der Waals surface area contributed by atoms with E-state index in [0.717, 1.165) is 25.9 Å². The van der Waals surface area contributed by atoms with Crippen molar-refractivity contribution in [1.29, 1.82) is 0 Å². The van der Waals surface area contributed by atoms with Crippen molar-refractivity contribution in [3.05, 3.63) is 71.0 Å². The minimum atomic E-state index is -0.213. The number of nitrogens with one attached hydrogen (secondary N) is 1. The van der Waals surface area contributed by atoms with E-state index in [1.54, 1.807) is 24.5 Å². The lowest BCUT2D eigenvalue weighted by Crippen LogP contribution is -2.32. The van der Waals surface area contributed by atoms with Crippen molar-refractivity contribution in [2.45, 2.75) is 10.9 Å². The third-order valence-corrected chi connectivity index (χ3v) is 6.68. The van der Waals surface area contributed by atoms with Crippen LogP contribution in [0.2, 0.25) is 0 Å². The zero-order valence-corrected chi connectivity index (χ0v) is 18.4. The van der Waals surface area contributed by atoms with E-state index in [9.17, 15) is 9.59 Å². The summed E-state index contributed by atoms with van der Waals surface area (Å²) < 4.78 is 8.49. The maximum absolute atomic E-state index is 12.2. The predicted octanol–water partition coefficient (Wildman–Crippen LogP) is 3.44. The molecule has 4 aromatic rings. The molecule has 0 spiro atoms. The molecule has 1 N–H and O–H groups in total. The zero-order chi connectivity index (χ0) is 21.6. The van der Waals surface area contributed by atoms with Crippen LogP contribution >= 0.6 is 23.1 Å². The number of nitrogens with zero attached hydrogens (tertiary/aromatic N) is 3. The van der Waals surface area contributed by atoms with Crippen molar-refractivity contribution < 1.29 is 9.53 Å². The summed E-state index contributed by atoms with van der Waals surface area (Å²) in [6.07, 6.45) is 0. The number of carbonyl (C=O) groups excluding carboxylic acids is 1. The summed E-state index contributed by atoms with van der Waals surface area (Å²) in [6.45, 7) is 0.610. The molecule has 0 saturated heterocycles. The highest BCUT2D eigenvalue weighted by Crippen LogP contribution is 2.29. The van der Waals surface area contributed by atoms with Gasteiger partial charge in [-0.25, -0.2) is 9.67 Å². The number of methoxy groups -OCH3 is 1. The van der Waals surface area contributed by atoms with Gasteiger partial charge in [-0.3, -0.25) is 9.59 Å². The predicted molar refractivity (Wildman–Crippen MR) is 124 cm³/mol. The molecule has 2 aromatic heterocycles. The van der Waals surface area contributed by atoms with Crippen LogP contribution in [0.15, 0.2) is 69.8 Å². The lowest BCUT2D eigenvalue weighted by atomic mass is 10.1. The maximum Gasteiger partial charge on any atom is 0.266 e. The molecule has 0 radical (unpaired) electrons. The van der Waals surface area contributed by atoms with E-state index in [0.29, 0.717) is 18.8 Å². The van der Waals surface area contributed by atoms with Crippen molar-refractivity contribution in [2.24, 2.45) is 0 Å². The third-order valence-electron chi connectivity index (χ3n) is 4.50. The van der Waals surface area contributed by atoms with E-state index >= 15 is 0 Å². The molecular formula is C22H20N4O3S2. The summed E-state index contributed by atoms with van der Waals surface area (Å²) in [5, 5.41) is 7.25. The fourth-order valence-electron chi connectivity index (χ4n) is 2.92. The fourth-order valence-corrected chi connectivity index (χ4v) is 4.82. The summed E-state index contributed by atoms with van der Waals surface area (Å²) >= 11 is 2.98. The van der Waals surface area contributed by atoms with E-state index in [4.69, 9.17) is 4.74 Å². The van der Waals surface area contributed by atoms with Gasteiger partial charge >= 0.3 is 0 Å². The van der Waals surface area contributed by atoms with E-state index in [-0.39, 0.29) is 17.2 Å². The fraction of sp³-hybridized carbons (Fsp3) is 0.182. The SMILES string of the molecule is COc1ccc(-c2ccc(=O)n(CCNC(=O)CSc3nc4ccccc4s3)n2)cc1. The summed E-state index contributed by atoms with van der Waals surface area (Å²) in [5.41, 5.74) is 2.29. The van der Waals surface area contributed by atoms with Crippen molar-refractivity contribution in [1.82, 2.24) is 20.1 Å². The topological polar surface area (TPSA) is 86.1 Å². The van der Waals surface area contributed by atoms with Gasteiger partial charge in [0.05, 0.1) is 35.3 Å². The Labute approximate surface area is 187 Å². The summed E-state index contributed by atoms with van der Waals surface area (Å²) in [4.78, 5) is 28.8. The number of thioether (sulfide) groups is 1. The van der Waals surface area contributed by atoms with Crippen LogP contribution in [-0.4, -0.2) is 40.1 Å². The molecule has 7 nitrogen and oxygen atoms in total. The van der Waals surface area contributed by atoms with Gasteiger partial charge in [0.25, 0.3) is 5.56 Å². The molecule has 0 aliphatic heterocycles. The van der Waals surface area contributed by atoms with E-state index < -0.39 is 0 Å². The molecular weight excluding hydrogens is 432 g/mol. The van der Waals surface area contributed by atoms with Crippen LogP contribution < -0.4 is 15.6 Å². The van der Waals surface area contributed by atoms with Crippen molar-refractivity contribution in [2.75, 3.05) is 19.4 Å². The highest BCUT2D eigenvalue weighted by molar-refractivity contribution is 8.01. The molecule has 0 atom stereocenters. The number of hydrogen-bond acceptors (Lipinski definition) is 7. The smallest absolute Gasteiger partial charge is 0.266 e. The summed E-state index contributed by atoms with van der Waals surface area (Å²) in [5.74, 6) is 0.917. The molecule has 0 saturated carbocycles. The highest BCUT2D eigenvalue weighted by atomic mass is 32.2. The number of rotatable bonds is 8. The van der Waals surface area contributed by atoms with E-state index in [2.05, 4.69) is 15.4 Å². The first-order valence-electron chi connectivity index (χ1n) is 9.60. The Morgan fingerprint density at radius 1 is 1.13 bits per heavy atom. The lowest BCUT2D eigenvalue weighted by molar-refractivity contribution is -0.118. The van der Waals surface area contributed by atoms with Crippen LogP contribution in [0.3, 0.4) is 0 Å². The van der Waals surface area contributed by atoms with Gasteiger partial charge in [0.2, 0.25) is 5.91 Å². The summed E-state index contributed by atoms with van der Waals surface area (Å²) in [6, 6.07) is 18.5. The van der Waals surface area contributed by atoms with Gasteiger partial charge in [-0.05, 0) is 42.5 Å². The van der Waals surface area contributed by atoms with Crippen molar-refractivity contribution >= 4 is 39.2 Å². The molecule has 0 aliphatic rings. The number of thiazole rings is 1. The first-order valence-corrected chi connectivity index (χ1v) is 11.4. The first kappa shape index (κ1) is 21.1. The van der Waals surface area contributed by atoms with Crippen molar-refractivity contribution in [3.63, 3.8) is 0 Å². The second-order valence-electron chi connectivity index (χ2n) is 6.59. The molecule has 0 bridgehead atoms. The molecule has 2 heterocycles.